The van der Waals surface area contributed by atoms with E-state index in [1.807, 2.05) is 0 Å². The lowest BCUT2D eigenvalue weighted by Crippen LogP contribution is -2.47. The van der Waals surface area contributed by atoms with E-state index < -0.39 is 64.6 Å². The maximum atomic E-state index is 14.4. The molecule has 2 amide bonds. The molecule has 1 aliphatic rings. The highest BCUT2D eigenvalue weighted by Gasteiger charge is 2.65. The van der Waals surface area contributed by atoms with Crippen LogP contribution in [0, 0.1) is 17.6 Å². The van der Waals surface area contributed by atoms with Crippen molar-refractivity contribution in [3.05, 3.63) is 53.4 Å². The van der Waals surface area contributed by atoms with E-state index in [1.165, 1.54) is 6.92 Å². The van der Waals surface area contributed by atoms with E-state index in [0.717, 1.165) is 38.4 Å². The number of alkyl halides is 3. The summed E-state index contributed by atoms with van der Waals surface area (Å²) < 4.78 is 80.5. The molecule has 4 N–H and O–H groups in total. The van der Waals surface area contributed by atoms with Crippen molar-refractivity contribution in [3.63, 3.8) is 0 Å². The summed E-state index contributed by atoms with van der Waals surface area (Å²) >= 11 is 0. The Bertz CT molecular complexity index is 1140. The molecule has 2 heterocycles. The first kappa shape index (κ1) is 25.1. The number of pyridine rings is 1. The third-order valence-corrected chi connectivity index (χ3v) is 6.02. The van der Waals surface area contributed by atoms with Gasteiger partial charge in [-0.2, -0.15) is 17.6 Å². The molecule has 2 aromatic rings. The molecular weight excluding hydrogens is 469 g/mol. The van der Waals surface area contributed by atoms with Crippen LogP contribution in [0.4, 0.5) is 27.6 Å². The zero-order chi connectivity index (χ0) is 25.6. The fourth-order valence-electron chi connectivity index (χ4n) is 4.01. The minimum Gasteiger partial charge on any atom is -0.493 e. The number of hydrogen-bond acceptors (Lipinski definition) is 5. The number of methoxy groups -OCH3 is 1. The van der Waals surface area contributed by atoms with Crippen molar-refractivity contribution >= 4 is 17.5 Å². The van der Waals surface area contributed by atoms with Gasteiger partial charge in [-0.1, -0.05) is 13.0 Å². The van der Waals surface area contributed by atoms with E-state index in [1.54, 1.807) is 0 Å². The first-order valence-electron chi connectivity index (χ1n) is 9.85. The molecule has 34 heavy (non-hydrogen) atoms. The molecule has 0 bridgehead atoms. The Labute approximate surface area is 190 Å². The number of ether oxygens (including phenoxy) is 2. The third-order valence-electron chi connectivity index (χ3n) is 6.02. The number of nitrogens with two attached hydrogens (primary N) is 1. The number of anilines is 1. The lowest BCUT2D eigenvalue weighted by molar-refractivity contribution is -0.905. The monoisotopic (exact) mass is 490 g/mol. The summed E-state index contributed by atoms with van der Waals surface area (Å²) in [5, 5.41) is 11.9. The number of nitrogens with zero attached hydrogens (tertiary/aromatic N) is 1. The summed E-state index contributed by atoms with van der Waals surface area (Å²) in [6.45, 7) is 1.93. The number of primary amides is 1. The van der Waals surface area contributed by atoms with Crippen LogP contribution in [-0.2, 0) is 9.53 Å². The number of rotatable bonds is 5. The molecule has 0 saturated carbocycles. The molecule has 0 aliphatic carbocycles. The van der Waals surface area contributed by atoms with Crippen LogP contribution in [0.1, 0.15) is 35.8 Å². The van der Waals surface area contributed by atoms with Gasteiger partial charge in [0.15, 0.2) is 17.2 Å². The highest BCUT2D eigenvalue weighted by atomic mass is 19.4. The van der Waals surface area contributed by atoms with Crippen molar-refractivity contribution in [3.8, 4) is 5.75 Å². The van der Waals surface area contributed by atoms with Crippen molar-refractivity contribution in [1.29, 1.82) is 0 Å². The second-order valence-corrected chi connectivity index (χ2v) is 7.94. The Morgan fingerprint density at radius 1 is 1.26 bits per heavy atom. The van der Waals surface area contributed by atoms with E-state index >= 15 is 0 Å². The third kappa shape index (κ3) is 4.11. The lowest BCUT2D eigenvalue weighted by Gasteiger charge is -2.32. The van der Waals surface area contributed by atoms with Crippen molar-refractivity contribution in [1.82, 2.24) is 0 Å². The van der Waals surface area contributed by atoms with Crippen LogP contribution < -0.4 is 20.5 Å². The molecule has 1 aromatic carbocycles. The first-order chi connectivity index (χ1) is 15.7. The van der Waals surface area contributed by atoms with Gasteiger partial charge in [0.25, 0.3) is 5.91 Å². The van der Waals surface area contributed by atoms with E-state index in [4.69, 9.17) is 15.2 Å². The average Bonchev–Trinajstić information content (AvgIpc) is 3.03. The summed E-state index contributed by atoms with van der Waals surface area (Å²) in [5.41, 5.74) is 1.61. The molecule has 0 spiro atoms. The van der Waals surface area contributed by atoms with Crippen LogP contribution in [-0.4, -0.2) is 42.0 Å². The number of benzene rings is 1. The number of halogens is 5. The number of carbonyl (C=O) groups excluding carboxylic acids is 2. The Morgan fingerprint density at radius 2 is 1.91 bits per heavy atom. The van der Waals surface area contributed by atoms with Crippen LogP contribution in [0.25, 0.3) is 0 Å². The summed E-state index contributed by atoms with van der Waals surface area (Å²) in [6, 6.07) is 3.90. The molecule has 1 aromatic heterocycles. The maximum absolute atomic E-state index is 14.4. The predicted octanol–water partition coefficient (Wildman–Crippen LogP) is 2.68. The molecule has 8 nitrogen and oxygen atoms in total. The Kier molecular flexibility index (Phi) is 6.44. The zero-order valence-electron chi connectivity index (χ0n) is 18.1. The molecule has 13 heteroatoms. The molecule has 0 radical (unpaired) electrons. The highest BCUT2D eigenvalue weighted by Crippen LogP contribution is 2.54. The summed E-state index contributed by atoms with van der Waals surface area (Å²) in [4.78, 5) is 24.5. The van der Waals surface area contributed by atoms with Gasteiger partial charge in [0.05, 0.1) is 12.8 Å². The fourth-order valence-corrected chi connectivity index (χ4v) is 4.01. The topological polar surface area (TPSA) is 115 Å². The van der Waals surface area contributed by atoms with Crippen molar-refractivity contribution < 1.29 is 51.0 Å². The average molecular weight is 490 g/mol. The molecule has 1 aliphatic heterocycles. The smallest absolute Gasteiger partial charge is 0.417 e. The minimum absolute atomic E-state index is 0.0861. The number of aromatic nitrogens is 1. The molecular formula is C21H21F5N3O5+. The van der Waals surface area contributed by atoms with Gasteiger partial charge < -0.3 is 20.5 Å². The quantitative estimate of drug-likeness (QED) is 0.339. The number of carbonyl (C=O) groups is 2. The van der Waals surface area contributed by atoms with Crippen LogP contribution in [0.2, 0.25) is 0 Å². The van der Waals surface area contributed by atoms with Gasteiger partial charge in [-0.3, -0.25) is 14.8 Å². The molecule has 3 rings (SSSR count). The lowest BCUT2D eigenvalue weighted by atomic mass is 9.77. The molecule has 1 fully saturated rings. The minimum atomic E-state index is -4.92. The van der Waals surface area contributed by atoms with E-state index in [-0.39, 0.29) is 11.3 Å². The van der Waals surface area contributed by atoms with E-state index in [0.29, 0.717) is 10.8 Å². The second kappa shape index (κ2) is 8.70. The first-order valence-corrected chi connectivity index (χ1v) is 9.85. The van der Waals surface area contributed by atoms with Crippen molar-refractivity contribution in [2.24, 2.45) is 11.7 Å². The summed E-state index contributed by atoms with van der Waals surface area (Å²) in [7, 11) is 1.01. The van der Waals surface area contributed by atoms with Gasteiger partial charge in [0.2, 0.25) is 12.0 Å². The predicted molar refractivity (Wildman–Crippen MR) is 105 cm³/mol. The van der Waals surface area contributed by atoms with Crippen molar-refractivity contribution in [2.45, 2.75) is 37.6 Å². The maximum Gasteiger partial charge on any atom is 0.417 e. The molecule has 4 atom stereocenters. The Balaban J connectivity index is 2.08. The van der Waals surface area contributed by atoms with Gasteiger partial charge >= 0.3 is 17.8 Å². The zero-order valence-corrected chi connectivity index (χ0v) is 18.1. The van der Waals surface area contributed by atoms with Crippen LogP contribution in [0.3, 0.4) is 0 Å². The van der Waals surface area contributed by atoms with Gasteiger partial charge in [0, 0.05) is 34.3 Å². The SMILES string of the molecule is COc1c([C@H]2[C@H](C(=O)Nc3cc[n+](O)c(C(N)=O)c3)O[C@@](C)(C(F)(F)F)[C@H]2C)ccc(F)c1F. The summed E-state index contributed by atoms with van der Waals surface area (Å²) in [5.74, 6) is -8.30. The highest BCUT2D eigenvalue weighted by molar-refractivity contribution is 5.97. The van der Waals surface area contributed by atoms with Gasteiger partial charge in [-0.25, -0.2) is 4.39 Å². The molecule has 1 saturated heterocycles. The van der Waals surface area contributed by atoms with E-state index in [2.05, 4.69) is 5.32 Å². The normalized spacial score (nSPS) is 24.6. The largest absolute Gasteiger partial charge is 0.493 e. The summed E-state index contributed by atoms with van der Waals surface area (Å²) in [6.07, 6.45) is -5.76. The van der Waals surface area contributed by atoms with Gasteiger partial charge in [-0.05, 0) is 13.0 Å². The van der Waals surface area contributed by atoms with Crippen LogP contribution in [0.5, 0.6) is 5.75 Å². The second-order valence-electron chi connectivity index (χ2n) is 7.94. The number of hydrogen-bond donors (Lipinski definition) is 3. The van der Waals surface area contributed by atoms with E-state index in [9.17, 15) is 36.7 Å². The molecule has 184 valence electrons. The number of nitrogens with one attached hydrogen (secondary N) is 1. The van der Waals surface area contributed by atoms with Crippen molar-refractivity contribution in [2.75, 3.05) is 12.4 Å². The Hall–Kier alpha value is -3.48. The number of amides is 2. The van der Waals surface area contributed by atoms with Gasteiger partial charge in [-0.15, -0.1) is 0 Å². The van der Waals surface area contributed by atoms with Gasteiger partial charge in [0.1, 0.15) is 6.10 Å². The standard InChI is InChI=1S/C21H20F5N3O5/c1-9-14(11-4-5-12(22)15(23)16(11)33-3)17(34-20(9,2)21(24,25)26)19(31)28-10-6-7-29(32)13(8-10)18(27)30/h4-9,14,17,32H,1-3H3,(H2,27,30)/p+1/t9-,14-,17+,20+/m0/s1. The molecule has 0 unspecified atom stereocenters. The van der Waals surface area contributed by atoms with Crippen LogP contribution in [0.15, 0.2) is 30.5 Å². The Morgan fingerprint density at radius 3 is 2.47 bits per heavy atom. The fraction of sp³-hybridized carbons (Fsp3) is 0.381. The van der Waals surface area contributed by atoms with Crippen LogP contribution >= 0.6 is 0 Å².